The summed E-state index contributed by atoms with van der Waals surface area (Å²) in [6.45, 7) is 0. The third kappa shape index (κ3) is 2.82. The van der Waals surface area contributed by atoms with Crippen molar-refractivity contribution >= 4 is 5.97 Å². The maximum absolute atomic E-state index is 12.0. The van der Waals surface area contributed by atoms with Gasteiger partial charge in [-0.3, -0.25) is 4.79 Å². The molecule has 3 rings (SSSR count). The molecule has 0 aromatic heterocycles. The Balaban J connectivity index is 2.05. The Morgan fingerprint density at radius 1 is 0.957 bits per heavy atom. The van der Waals surface area contributed by atoms with Gasteiger partial charge in [-0.25, -0.2) is 0 Å². The summed E-state index contributed by atoms with van der Waals surface area (Å²) in [4.78, 5) is 12.0. The van der Waals surface area contributed by atoms with Gasteiger partial charge in [0.25, 0.3) is 0 Å². The molecule has 2 aromatic carbocycles. The highest BCUT2D eigenvalue weighted by Gasteiger charge is 2.29. The van der Waals surface area contributed by atoms with Crippen LogP contribution in [0.1, 0.15) is 23.5 Å². The average molecular weight is 314 g/mol. The largest absolute Gasteiger partial charge is 0.497 e. The van der Waals surface area contributed by atoms with Crippen molar-refractivity contribution in [3.8, 4) is 23.0 Å². The Bertz CT molecular complexity index is 738. The van der Waals surface area contributed by atoms with Gasteiger partial charge >= 0.3 is 5.97 Å². The molecule has 0 amide bonds. The molecule has 5 heteroatoms. The Hall–Kier alpha value is -2.69. The van der Waals surface area contributed by atoms with Gasteiger partial charge in [0, 0.05) is 17.5 Å². The lowest BCUT2D eigenvalue weighted by atomic mass is 9.86. The van der Waals surface area contributed by atoms with E-state index in [-0.39, 0.29) is 18.3 Å². The lowest BCUT2D eigenvalue weighted by Crippen LogP contribution is -2.21. The minimum atomic E-state index is -0.259. The first kappa shape index (κ1) is 15.2. The van der Waals surface area contributed by atoms with Crippen molar-refractivity contribution in [1.29, 1.82) is 0 Å². The number of ether oxygens (including phenoxy) is 4. The molecule has 0 radical (unpaired) electrons. The smallest absolute Gasteiger partial charge is 0.312 e. The van der Waals surface area contributed by atoms with Crippen molar-refractivity contribution in [2.24, 2.45) is 0 Å². The van der Waals surface area contributed by atoms with Gasteiger partial charge in [-0.15, -0.1) is 0 Å². The third-order valence-corrected chi connectivity index (χ3v) is 4.00. The van der Waals surface area contributed by atoms with Gasteiger partial charge in [0.1, 0.15) is 11.5 Å². The number of fused-ring (bicyclic) bond motifs is 1. The van der Waals surface area contributed by atoms with E-state index in [1.165, 1.54) is 0 Å². The summed E-state index contributed by atoms with van der Waals surface area (Å²) >= 11 is 0. The van der Waals surface area contributed by atoms with Gasteiger partial charge in [0.05, 0.1) is 27.8 Å². The molecule has 0 spiro atoms. The number of carbonyl (C=O) groups excluding carboxylic acids is 1. The van der Waals surface area contributed by atoms with Gasteiger partial charge in [-0.2, -0.15) is 0 Å². The van der Waals surface area contributed by atoms with E-state index in [4.69, 9.17) is 18.9 Å². The highest BCUT2D eigenvalue weighted by molar-refractivity contribution is 5.78. The molecule has 0 saturated carbocycles. The quantitative estimate of drug-likeness (QED) is 0.641. The van der Waals surface area contributed by atoms with Crippen LogP contribution in [0.4, 0.5) is 0 Å². The third-order valence-electron chi connectivity index (χ3n) is 4.00. The minimum Gasteiger partial charge on any atom is -0.497 e. The zero-order valence-corrected chi connectivity index (χ0v) is 13.3. The molecule has 1 aliphatic rings. The first-order chi connectivity index (χ1) is 11.2. The molecule has 0 saturated heterocycles. The predicted molar refractivity (Wildman–Crippen MR) is 84.6 cm³/mol. The Morgan fingerprint density at radius 3 is 2.43 bits per heavy atom. The number of rotatable bonds is 4. The Labute approximate surface area is 134 Å². The normalized spacial score (nSPS) is 16.3. The van der Waals surface area contributed by atoms with E-state index in [9.17, 15) is 4.79 Å². The van der Waals surface area contributed by atoms with E-state index >= 15 is 0 Å². The maximum atomic E-state index is 12.0. The van der Waals surface area contributed by atoms with Crippen LogP contribution in [0.15, 0.2) is 36.4 Å². The zero-order valence-electron chi connectivity index (χ0n) is 13.3. The lowest BCUT2D eigenvalue weighted by molar-refractivity contribution is -0.135. The van der Waals surface area contributed by atoms with Crippen molar-refractivity contribution in [3.63, 3.8) is 0 Å². The number of hydrogen-bond donors (Lipinski definition) is 0. The zero-order chi connectivity index (χ0) is 16.4. The summed E-state index contributed by atoms with van der Waals surface area (Å²) in [5.41, 5.74) is 1.93. The molecule has 0 N–H and O–H groups in total. The lowest BCUT2D eigenvalue weighted by Gasteiger charge is -2.25. The summed E-state index contributed by atoms with van der Waals surface area (Å²) in [6.07, 6.45) is 0.287. The summed E-state index contributed by atoms with van der Waals surface area (Å²) in [5, 5.41) is 0. The van der Waals surface area contributed by atoms with Crippen LogP contribution in [0.25, 0.3) is 0 Å². The van der Waals surface area contributed by atoms with Crippen LogP contribution in [0.2, 0.25) is 0 Å². The average Bonchev–Trinajstić information content (AvgIpc) is 2.59. The van der Waals surface area contributed by atoms with Crippen LogP contribution < -0.4 is 18.9 Å². The van der Waals surface area contributed by atoms with Gasteiger partial charge in [-0.05, 0) is 23.8 Å². The second kappa shape index (κ2) is 6.20. The van der Waals surface area contributed by atoms with Crippen molar-refractivity contribution in [1.82, 2.24) is 0 Å². The van der Waals surface area contributed by atoms with E-state index in [1.54, 1.807) is 27.4 Å². The maximum Gasteiger partial charge on any atom is 0.312 e. The number of benzene rings is 2. The molecule has 1 heterocycles. The second-order valence-corrected chi connectivity index (χ2v) is 5.25. The molecule has 23 heavy (non-hydrogen) atoms. The van der Waals surface area contributed by atoms with Gasteiger partial charge in [0.15, 0.2) is 11.5 Å². The Kier molecular flexibility index (Phi) is 4.10. The van der Waals surface area contributed by atoms with Crippen LogP contribution in [0, 0.1) is 0 Å². The number of carbonyl (C=O) groups is 1. The van der Waals surface area contributed by atoms with Crippen LogP contribution in [-0.2, 0) is 4.79 Å². The fourth-order valence-corrected chi connectivity index (χ4v) is 2.83. The first-order valence-corrected chi connectivity index (χ1v) is 7.26. The molecule has 0 fully saturated rings. The van der Waals surface area contributed by atoms with Gasteiger partial charge in [0.2, 0.25) is 0 Å². The molecule has 1 atom stereocenters. The second-order valence-electron chi connectivity index (χ2n) is 5.25. The summed E-state index contributed by atoms with van der Waals surface area (Å²) in [5.74, 6) is 2.15. The van der Waals surface area contributed by atoms with E-state index < -0.39 is 0 Å². The van der Waals surface area contributed by atoms with Gasteiger partial charge in [-0.1, -0.05) is 12.1 Å². The van der Waals surface area contributed by atoms with Crippen LogP contribution in [-0.4, -0.2) is 27.3 Å². The van der Waals surface area contributed by atoms with Crippen molar-refractivity contribution in [3.05, 3.63) is 47.5 Å². The SMILES string of the molecule is COc1ccc2c(c1)OC(=O)C[C@H]2c1ccc(OC)c(OC)c1. The van der Waals surface area contributed by atoms with Crippen molar-refractivity contribution < 1.29 is 23.7 Å². The summed E-state index contributed by atoms with van der Waals surface area (Å²) in [6, 6.07) is 11.2. The van der Waals surface area contributed by atoms with E-state index in [2.05, 4.69) is 0 Å². The molecule has 5 nitrogen and oxygen atoms in total. The highest BCUT2D eigenvalue weighted by atomic mass is 16.5. The van der Waals surface area contributed by atoms with Crippen LogP contribution in [0.5, 0.6) is 23.0 Å². The minimum absolute atomic E-state index is 0.0861. The highest BCUT2D eigenvalue weighted by Crippen LogP contribution is 2.42. The molecule has 0 aliphatic carbocycles. The van der Waals surface area contributed by atoms with Crippen LogP contribution in [0.3, 0.4) is 0 Å². The molecular weight excluding hydrogens is 296 g/mol. The van der Waals surface area contributed by atoms with Crippen LogP contribution >= 0.6 is 0 Å². The number of methoxy groups -OCH3 is 3. The van der Waals surface area contributed by atoms with Crippen molar-refractivity contribution in [2.45, 2.75) is 12.3 Å². The van der Waals surface area contributed by atoms with Crippen molar-refractivity contribution in [2.75, 3.05) is 21.3 Å². The summed E-state index contributed by atoms with van der Waals surface area (Å²) in [7, 11) is 4.77. The molecule has 2 aromatic rings. The molecule has 0 bridgehead atoms. The molecule has 1 aliphatic heterocycles. The van der Waals surface area contributed by atoms with E-state index in [1.807, 2.05) is 30.3 Å². The Morgan fingerprint density at radius 2 is 1.74 bits per heavy atom. The predicted octanol–water partition coefficient (Wildman–Crippen LogP) is 3.15. The van der Waals surface area contributed by atoms with E-state index in [0.29, 0.717) is 23.0 Å². The molecular formula is C18H18O5. The fourth-order valence-electron chi connectivity index (χ4n) is 2.83. The molecule has 0 unspecified atom stereocenters. The van der Waals surface area contributed by atoms with E-state index in [0.717, 1.165) is 11.1 Å². The first-order valence-electron chi connectivity index (χ1n) is 7.26. The summed E-state index contributed by atoms with van der Waals surface area (Å²) < 4.78 is 21.2. The topological polar surface area (TPSA) is 54.0 Å². The number of esters is 1. The molecule has 120 valence electrons. The number of hydrogen-bond acceptors (Lipinski definition) is 5. The van der Waals surface area contributed by atoms with Gasteiger partial charge < -0.3 is 18.9 Å². The monoisotopic (exact) mass is 314 g/mol. The standard InChI is InChI=1S/C18H18O5/c1-20-12-5-6-13-14(10-18(19)23-16(13)9-12)11-4-7-15(21-2)17(8-11)22-3/h4-9,14H,10H2,1-3H3/t14-/m0/s1. The fraction of sp³-hybridized carbons (Fsp3) is 0.278.